The van der Waals surface area contributed by atoms with Crippen molar-refractivity contribution in [3.05, 3.63) is 107 Å². The van der Waals surface area contributed by atoms with E-state index in [0.717, 1.165) is 25.0 Å². The topological polar surface area (TPSA) is 36.9 Å². The number of benzene rings is 3. The maximum atomic E-state index is 14.8. The molecule has 4 rings (SSSR count). The van der Waals surface area contributed by atoms with Gasteiger partial charge in [-0.3, -0.25) is 0 Å². The van der Waals surface area contributed by atoms with Crippen molar-refractivity contribution in [3.63, 3.8) is 0 Å². The van der Waals surface area contributed by atoms with Gasteiger partial charge in [0.05, 0.1) is 18.8 Å². The minimum atomic E-state index is -3.79. The van der Waals surface area contributed by atoms with Gasteiger partial charge in [0.15, 0.2) is 35.3 Å². The Morgan fingerprint density at radius 2 is 1.56 bits per heavy atom. The van der Waals surface area contributed by atoms with E-state index in [-0.39, 0.29) is 17.2 Å². The van der Waals surface area contributed by atoms with Crippen LogP contribution in [-0.2, 0) is 22.2 Å². The molecule has 1 fully saturated rings. The summed E-state index contributed by atoms with van der Waals surface area (Å²) in [4.78, 5) is 0. The third-order valence-corrected chi connectivity index (χ3v) is 6.05. The lowest BCUT2D eigenvalue weighted by molar-refractivity contribution is -0.206. The van der Waals surface area contributed by atoms with Gasteiger partial charge in [0.25, 0.3) is 0 Å². The molecule has 1 heterocycles. The highest BCUT2D eigenvalue weighted by Gasteiger charge is 2.35. The monoisotopic (exact) mass is 552 g/mol. The summed E-state index contributed by atoms with van der Waals surface area (Å²) in [7, 11) is 0. The van der Waals surface area contributed by atoms with E-state index in [4.69, 9.17) is 18.9 Å². The molecule has 0 amide bonds. The maximum absolute atomic E-state index is 14.8. The Hall–Kier alpha value is -3.50. The Bertz CT molecular complexity index is 1260. The highest BCUT2D eigenvalue weighted by molar-refractivity contribution is 5.35. The van der Waals surface area contributed by atoms with E-state index in [0.29, 0.717) is 37.0 Å². The quantitative estimate of drug-likeness (QED) is 0.145. The van der Waals surface area contributed by atoms with E-state index >= 15 is 0 Å². The zero-order valence-electron chi connectivity index (χ0n) is 20.9. The first-order valence-corrected chi connectivity index (χ1v) is 12.2. The number of ether oxygens (including phenoxy) is 4. The van der Waals surface area contributed by atoms with E-state index in [1.165, 1.54) is 24.3 Å². The van der Waals surface area contributed by atoms with Gasteiger partial charge in [0, 0.05) is 17.5 Å². The van der Waals surface area contributed by atoms with Crippen LogP contribution in [0, 0.1) is 29.2 Å². The fraction of sp³-hybridized carbons (Fsp3) is 0.310. The van der Waals surface area contributed by atoms with Crippen molar-refractivity contribution in [2.75, 3.05) is 13.2 Å². The average Bonchev–Trinajstić information content (AvgIpc) is 2.91. The van der Waals surface area contributed by atoms with E-state index in [9.17, 15) is 26.3 Å². The summed E-state index contributed by atoms with van der Waals surface area (Å²) in [5.41, 5.74) is 0.0247. The summed E-state index contributed by atoms with van der Waals surface area (Å²) in [6, 6.07) is 9.45. The molecule has 0 unspecified atom stereocenters. The number of alkyl halides is 2. The first-order chi connectivity index (χ1) is 18.7. The Labute approximate surface area is 221 Å². The highest BCUT2D eigenvalue weighted by Crippen LogP contribution is 2.35. The second-order valence-electron chi connectivity index (χ2n) is 9.01. The summed E-state index contributed by atoms with van der Waals surface area (Å²) in [6.07, 6.45) is 1.48. The Balaban J connectivity index is 1.34. The summed E-state index contributed by atoms with van der Waals surface area (Å²) >= 11 is 0. The van der Waals surface area contributed by atoms with Gasteiger partial charge in [-0.2, -0.15) is 8.78 Å². The number of hydrogen-bond donors (Lipinski definition) is 0. The molecule has 0 spiro atoms. The van der Waals surface area contributed by atoms with E-state index in [2.05, 4.69) is 6.08 Å². The molecule has 3 aromatic carbocycles. The lowest BCUT2D eigenvalue weighted by Crippen LogP contribution is -2.27. The second-order valence-corrected chi connectivity index (χ2v) is 9.01. The second kappa shape index (κ2) is 12.6. The molecule has 10 heteroatoms. The number of hydrogen-bond acceptors (Lipinski definition) is 4. The van der Waals surface area contributed by atoms with Crippen LogP contribution in [0.25, 0.3) is 0 Å². The van der Waals surface area contributed by atoms with Gasteiger partial charge in [-0.1, -0.05) is 24.3 Å². The zero-order chi connectivity index (χ0) is 28.0. The molecule has 0 aliphatic carbocycles. The van der Waals surface area contributed by atoms with Crippen LogP contribution in [0.1, 0.15) is 42.7 Å². The number of rotatable bonds is 10. The van der Waals surface area contributed by atoms with E-state index in [1.807, 2.05) is 13.0 Å². The summed E-state index contributed by atoms with van der Waals surface area (Å²) < 4.78 is 105. The van der Waals surface area contributed by atoms with Crippen LogP contribution in [0.2, 0.25) is 0 Å². The average molecular weight is 553 g/mol. The predicted octanol–water partition coefficient (Wildman–Crippen LogP) is 7.97. The molecular formula is C29H26F6O4. The maximum Gasteiger partial charge on any atom is 0.426 e. The summed E-state index contributed by atoms with van der Waals surface area (Å²) in [5, 5.41) is 0. The Kier molecular flexibility index (Phi) is 9.19. The first kappa shape index (κ1) is 28.5. The molecule has 1 aliphatic rings. The van der Waals surface area contributed by atoms with Crippen LogP contribution < -0.4 is 9.47 Å². The first-order valence-electron chi connectivity index (χ1n) is 12.2. The van der Waals surface area contributed by atoms with Crippen LogP contribution in [0.3, 0.4) is 0 Å². The minimum Gasteiger partial charge on any atom is -0.486 e. The van der Waals surface area contributed by atoms with Gasteiger partial charge in [-0.15, -0.1) is 0 Å². The van der Waals surface area contributed by atoms with E-state index < -0.39 is 53.6 Å². The highest BCUT2D eigenvalue weighted by atomic mass is 19.3. The molecule has 0 saturated carbocycles. The zero-order valence-corrected chi connectivity index (χ0v) is 20.9. The van der Waals surface area contributed by atoms with Gasteiger partial charge in [-0.25, -0.2) is 17.6 Å². The molecule has 1 saturated heterocycles. The van der Waals surface area contributed by atoms with Crippen molar-refractivity contribution in [2.45, 2.75) is 38.8 Å². The van der Waals surface area contributed by atoms with Crippen molar-refractivity contribution in [1.29, 1.82) is 0 Å². The predicted molar refractivity (Wildman–Crippen MR) is 130 cm³/mol. The minimum absolute atomic E-state index is 0.0886. The Morgan fingerprint density at radius 3 is 2.18 bits per heavy atom. The van der Waals surface area contributed by atoms with Crippen LogP contribution in [0.15, 0.2) is 66.7 Å². The van der Waals surface area contributed by atoms with Crippen LogP contribution in [-0.4, -0.2) is 13.2 Å². The number of allylic oxidation sites excluding steroid dienone is 2. The third-order valence-electron chi connectivity index (χ3n) is 6.05. The molecule has 208 valence electrons. The smallest absolute Gasteiger partial charge is 0.426 e. The van der Waals surface area contributed by atoms with Crippen molar-refractivity contribution in [2.24, 2.45) is 5.92 Å². The van der Waals surface area contributed by atoms with Crippen LogP contribution >= 0.6 is 0 Å². The summed E-state index contributed by atoms with van der Waals surface area (Å²) in [6.45, 7) is 2.48. The largest absolute Gasteiger partial charge is 0.486 e. The van der Waals surface area contributed by atoms with Gasteiger partial charge in [-0.05, 0) is 61.7 Å². The molecule has 39 heavy (non-hydrogen) atoms. The van der Waals surface area contributed by atoms with Crippen molar-refractivity contribution >= 4 is 0 Å². The normalized spacial score (nSPS) is 17.9. The van der Waals surface area contributed by atoms with Crippen molar-refractivity contribution in [1.82, 2.24) is 0 Å². The SMILES string of the molecule is C/C=C/CCC1COC(c2ccc(C(F)(F)Oc3ccc(OCc4cc(F)c(F)c(F)c4)c(F)c3)cc2)OC1. The Morgan fingerprint density at radius 1 is 0.897 bits per heavy atom. The molecule has 1 aliphatic heterocycles. The lowest BCUT2D eigenvalue weighted by atomic mass is 10.0. The van der Waals surface area contributed by atoms with Gasteiger partial charge in [0.2, 0.25) is 0 Å². The molecular weight excluding hydrogens is 526 g/mol. The standard InChI is InChI=1S/C29H26F6O4/c1-2-3-4-5-18-15-37-28(38-16-18)20-6-8-21(9-7-20)29(34,35)39-22-10-11-26(23(30)14-22)36-17-19-12-24(31)27(33)25(32)13-19/h2-3,6-14,18,28H,4-5,15-17H2,1H3/b3-2+. The van der Waals surface area contributed by atoms with Crippen LogP contribution in [0.4, 0.5) is 26.3 Å². The van der Waals surface area contributed by atoms with Gasteiger partial charge < -0.3 is 18.9 Å². The van der Waals surface area contributed by atoms with Gasteiger partial charge in [0.1, 0.15) is 12.4 Å². The van der Waals surface area contributed by atoms with Crippen molar-refractivity contribution < 1.29 is 45.3 Å². The molecule has 0 aromatic heterocycles. The fourth-order valence-electron chi connectivity index (χ4n) is 3.96. The number of halogens is 6. The molecule has 3 aromatic rings. The summed E-state index contributed by atoms with van der Waals surface area (Å²) in [5.74, 6) is -6.11. The molecule has 0 bridgehead atoms. The third kappa shape index (κ3) is 7.33. The van der Waals surface area contributed by atoms with Crippen molar-refractivity contribution in [3.8, 4) is 11.5 Å². The molecule has 4 nitrogen and oxygen atoms in total. The van der Waals surface area contributed by atoms with E-state index in [1.54, 1.807) is 0 Å². The molecule has 0 atom stereocenters. The van der Waals surface area contributed by atoms with Crippen LogP contribution in [0.5, 0.6) is 11.5 Å². The van der Waals surface area contributed by atoms with Gasteiger partial charge >= 0.3 is 6.11 Å². The lowest BCUT2D eigenvalue weighted by Gasteiger charge is -2.29. The fourth-order valence-corrected chi connectivity index (χ4v) is 3.96. The molecule has 0 N–H and O–H groups in total. The molecule has 0 radical (unpaired) electrons.